The third-order valence-corrected chi connectivity index (χ3v) is 2.22. The molecule has 0 saturated heterocycles. The second-order valence-electron chi connectivity index (χ2n) is 3.56. The van der Waals surface area contributed by atoms with Gasteiger partial charge in [-0.1, -0.05) is 23.2 Å². The Morgan fingerprint density at radius 1 is 1.47 bits per heavy atom. The smallest absolute Gasteiger partial charge is 0.160 e. The quantitative estimate of drug-likeness (QED) is 0.721. The molecule has 1 aromatic carbocycles. The summed E-state index contributed by atoms with van der Waals surface area (Å²) in [5.41, 5.74) is 1.16. The Morgan fingerprint density at radius 2 is 2.13 bits per heavy atom. The van der Waals surface area contributed by atoms with E-state index in [1.54, 1.807) is 6.07 Å². The van der Waals surface area contributed by atoms with E-state index in [0.29, 0.717) is 5.02 Å². The van der Waals surface area contributed by atoms with Gasteiger partial charge in [0.2, 0.25) is 0 Å². The predicted molar refractivity (Wildman–Crippen MR) is 59.6 cm³/mol. The number of benzene rings is 1. The van der Waals surface area contributed by atoms with Crippen LogP contribution in [0.5, 0.6) is 0 Å². The van der Waals surface area contributed by atoms with Crippen molar-refractivity contribution in [2.24, 2.45) is 0 Å². The number of hydrogen-bond donors (Lipinski definition) is 0. The zero-order valence-corrected chi connectivity index (χ0v) is 9.44. The maximum atomic E-state index is 13.3. The van der Waals surface area contributed by atoms with Crippen molar-refractivity contribution in [3.8, 4) is 0 Å². The van der Waals surface area contributed by atoms with Crippen LogP contribution < -0.4 is 0 Å². The van der Waals surface area contributed by atoms with Crippen molar-refractivity contribution in [2.75, 3.05) is 0 Å². The molecule has 0 amide bonds. The lowest BCUT2D eigenvalue weighted by Crippen LogP contribution is -2.02. The van der Waals surface area contributed by atoms with Gasteiger partial charge in [0.1, 0.15) is 5.82 Å². The van der Waals surface area contributed by atoms with E-state index in [1.807, 2.05) is 13.8 Å². The van der Waals surface area contributed by atoms with Crippen molar-refractivity contribution >= 4 is 17.4 Å². The van der Waals surface area contributed by atoms with E-state index in [2.05, 4.69) is 0 Å². The minimum Gasteiger partial charge on any atom is -0.294 e. The van der Waals surface area contributed by atoms with Crippen molar-refractivity contribution in [1.29, 1.82) is 0 Å². The second-order valence-corrected chi connectivity index (χ2v) is 3.97. The summed E-state index contributed by atoms with van der Waals surface area (Å²) in [7, 11) is 0. The zero-order chi connectivity index (χ0) is 11.4. The van der Waals surface area contributed by atoms with Crippen LogP contribution in [-0.4, -0.2) is 5.78 Å². The molecule has 0 aliphatic heterocycles. The summed E-state index contributed by atoms with van der Waals surface area (Å²) in [4.78, 5) is 11.4. The van der Waals surface area contributed by atoms with Crippen LogP contribution in [0.25, 0.3) is 0 Å². The van der Waals surface area contributed by atoms with E-state index in [0.717, 1.165) is 5.57 Å². The molecule has 0 unspecified atom stereocenters. The fraction of sp³-hybridized carbons (Fsp3) is 0.250. The Hall–Kier alpha value is -1.15. The van der Waals surface area contributed by atoms with E-state index < -0.39 is 5.82 Å². The molecule has 0 aromatic heterocycles. The normalized spacial score (nSPS) is 9.87. The van der Waals surface area contributed by atoms with E-state index in [9.17, 15) is 9.18 Å². The minimum absolute atomic E-state index is 0.0106. The number of ketones is 1. The second kappa shape index (κ2) is 5.08. The van der Waals surface area contributed by atoms with E-state index in [1.165, 1.54) is 18.2 Å². The van der Waals surface area contributed by atoms with Gasteiger partial charge in [-0.15, -0.1) is 0 Å². The Kier molecular flexibility index (Phi) is 4.04. The average molecular weight is 227 g/mol. The largest absolute Gasteiger partial charge is 0.294 e. The molecule has 1 rings (SSSR count). The summed E-state index contributed by atoms with van der Waals surface area (Å²) in [5.74, 6) is -0.569. The number of hydrogen-bond acceptors (Lipinski definition) is 1. The molecular formula is C12H12ClFO. The van der Waals surface area contributed by atoms with Gasteiger partial charge in [0.25, 0.3) is 0 Å². The number of halogens is 2. The van der Waals surface area contributed by atoms with Gasteiger partial charge in [0, 0.05) is 17.0 Å². The standard InChI is InChI=1S/C12H12ClFO/c1-8(2)6-9(15)7-10-11(13)4-3-5-12(10)14/h3-6H,7H2,1-2H3. The topological polar surface area (TPSA) is 17.1 Å². The SMILES string of the molecule is CC(C)=CC(=O)Cc1c(F)cccc1Cl. The molecule has 0 radical (unpaired) electrons. The van der Waals surface area contributed by atoms with E-state index in [4.69, 9.17) is 11.6 Å². The first-order valence-electron chi connectivity index (χ1n) is 4.61. The molecule has 1 aromatic rings. The van der Waals surface area contributed by atoms with Gasteiger partial charge in [-0.3, -0.25) is 4.79 Å². The van der Waals surface area contributed by atoms with Crippen molar-refractivity contribution in [3.05, 3.63) is 46.3 Å². The highest BCUT2D eigenvalue weighted by Crippen LogP contribution is 2.19. The summed E-state index contributed by atoms with van der Waals surface area (Å²) >= 11 is 5.80. The molecule has 3 heteroatoms. The van der Waals surface area contributed by atoms with Gasteiger partial charge >= 0.3 is 0 Å². The number of allylic oxidation sites excluding steroid dienone is 2. The van der Waals surface area contributed by atoms with Gasteiger partial charge in [0.05, 0.1) is 0 Å². The first-order valence-corrected chi connectivity index (χ1v) is 4.99. The minimum atomic E-state index is -0.432. The molecule has 0 atom stereocenters. The van der Waals surface area contributed by atoms with Gasteiger partial charge in [0.15, 0.2) is 5.78 Å². The van der Waals surface area contributed by atoms with E-state index in [-0.39, 0.29) is 17.8 Å². The van der Waals surface area contributed by atoms with Crippen LogP contribution in [0.3, 0.4) is 0 Å². The molecule has 0 spiro atoms. The van der Waals surface area contributed by atoms with Crippen LogP contribution in [0.15, 0.2) is 29.8 Å². The predicted octanol–water partition coefficient (Wildman–Crippen LogP) is 3.56. The van der Waals surface area contributed by atoms with Gasteiger partial charge in [-0.2, -0.15) is 0 Å². The van der Waals surface area contributed by atoms with Crippen molar-refractivity contribution in [1.82, 2.24) is 0 Å². The van der Waals surface area contributed by atoms with E-state index >= 15 is 0 Å². The Labute approximate surface area is 93.6 Å². The maximum absolute atomic E-state index is 13.3. The van der Waals surface area contributed by atoms with Crippen LogP contribution in [0, 0.1) is 5.82 Å². The number of rotatable bonds is 3. The van der Waals surface area contributed by atoms with Crippen LogP contribution in [0.1, 0.15) is 19.4 Å². The molecule has 80 valence electrons. The summed E-state index contributed by atoms with van der Waals surface area (Å²) in [5, 5.41) is 0.297. The average Bonchev–Trinajstić information content (AvgIpc) is 2.10. The summed E-state index contributed by atoms with van der Waals surface area (Å²) in [6.45, 7) is 3.64. The summed E-state index contributed by atoms with van der Waals surface area (Å²) in [6, 6.07) is 4.40. The van der Waals surface area contributed by atoms with Crippen molar-refractivity contribution in [3.63, 3.8) is 0 Å². The summed E-state index contributed by atoms with van der Waals surface area (Å²) in [6.07, 6.45) is 1.50. The van der Waals surface area contributed by atoms with Crippen LogP contribution in [-0.2, 0) is 11.2 Å². The monoisotopic (exact) mass is 226 g/mol. The molecule has 0 fully saturated rings. The van der Waals surface area contributed by atoms with Gasteiger partial charge < -0.3 is 0 Å². The highest BCUT2D eigenvalue weighted by atomic mass is 35.5. The molecular weight excluding hydrogens is 215 g/mol. The molecule has 0 aliphatic carbocycles. The highest BCUT2D eigenvalue weighted by Gasteiger charge is 2.09. The third-order valence-electron chi connectivity index (χ3n) is 1.86. The molecule has 0 bridgehead atoms. The zero-order valence-electron chi connectivity index (χ0n) is 8.68. The Bertz CT molecular complexity index is 386. The lowest BCUT2D eigenvalue weighted by atomic mass is 10.1. The van der Waals surface area contributed by atoms with Crippen LogP contribution in [0.2, 0.25) is 5.02 Å². The molecule has 0 heterocycles. The summed E-state index contributed by atoms with van der Waals surface area (Å²) < 4.78 is 13.3. The lowest BCUT2D eigenvalue weighted by molar-refractivity contribution is -0.114. The van der Waals surface area contributed by atoms with Crippen molar-refractivity contribution < 1.29 is 9.18 Å². The highest BCUT2D eigenvalue weighted by molar-refractivity contribution is 6.31. The third kappa shape index (κ3) is 3.48. The van der Waals surface area contributed by atoms with Gasteiger partial charge in [-0.25, -0.2) is 4.39 Å². The maximum Gasteiger partial charge on any atom is 0.160 e. The fourth-order valence-electron chi connectivity index (χ4n) is 1.25. The van der Waals surface area contributed by atoms with Crippen molar-refractivity contribution in [2.45, 2.75) is 20.3 Å². The van der Waals surface area contributed by atoms with Crippen LogP contribution in [0.4, 0.5) is 4.39 Å². The fourth-order valence-corrected chi connectivity index (χ4v) is 1.48. The van der Waals surface area contributed by atoms with Crippen LogP contribution >= 0.6 is 11.6 Å². The van der Waals surface area contributed by atoms with Gasteiger partial charge in [-0.05, 0) is 32.1 Å². The first-order chi connectivity index (χ1) is 7.00. The first kappa shape index (κ1) is 11.9. The number of carbonyl (C=O) groups is 1. The molecule has 15 heavy (non-hydrogen) atoms. The Morgan fingerprint density at radius 3 is 2.67 bits per heavy atom. The molecule has 0 saturated carbocycles. The number of carbonyl (C=O) groups excluding carboxylic acids is 1. The Balaban J connectivity index is 2.90. The molecule has 0 aliphatic rings. The lowest BCUT2D eigenvalue weighted by Gasteiger charge is -2.03. The molecule has 1 nitrogen and oxygen atoms in total. The molecule has 0 N–H and O–H groups in total.